The van der Waals surface area contributed by atoms with E-state index in [0.29, 0.717) is 0 Å². The first-order valence-electron chi connectivity index (χ1n) is 7.49. The molecule has 0 spiro atoms. The van der Waals surface area contributed by atoms with Crippen LogP contribution in [0.4, 0.5) is 0 Å². The fourth-order valence-electron chi connectivity index (χ4n) is 1.94. The number of rotatable bonds is 5. The molecule has 0 bridgehead atoms. The lowest BCUT2D eigenvalue weighted by molar-refractivity contribution is -0.597. The molecule has 0 aromatic heterocycles. The fourth-order valence-corrected chi connectivity index (χ4v) is 4.42. The number of aryl methyl sites for hydroxylation is 1. The van der Waals surface area contributed by atoms with Crippen molar-refractivity contribution in [3.05, 3.63) is 61.2 Å². The van der Waals surface area contributed by atoms with Crippen molar-refractivity contribution in [1.29, 1.82) is 0 Å². The average Bonchev–Trinajstić information content (AvgIpc) is 2.45. The van der Waals surface area contributed by atoms with Crippen molar-refractivity contribution >= 4 is 5.97 Å². The molecular weight excluding hydrogens is 403 g/mol. The summed E-state index contributed by atoms with van der Waals surface area (Å²) < 4.78 is 13.5. The lowest BCUT2D eigenvalue weighted by Gasteiger charge is -2.19. The molecule has 2 rings (SSSR count). The Hall–Kier alpha value is -1.56. The first-order chi connectivity index (χ1) is 10.8. The minimum atomic E-state index is -0.487. The standard InChI is InChI=1S/C19H22IO3/c1-14-12-16(20-15-8-6-5-7-9-15)10-11-17(14)22-13-18(21)23-19(2,3)4/h5-12H,13H2,1-4H3/q+1. The number of esters is 1. The molecule has 0 heterocycles. The van der Waals surface area contributed by atoms with Crippen LogP contribution in [0, 0.1) is 14.1 Å². The molecule has 0 saturated carbocycles. The molecule has 122 valence electrons. The van der Waals surface area contributed by atoms with E-state index < -0.39 is 5.60 Å². The minimum Gasteiger partial charge on any atom is -0.482 e. The summed E-state index contributed by atoms with van der Waals surface area (Å²) in [5.74, 6) is 0.384. The molecule has 4 heteroatoms. The highest BCUT2D eigenvalue weighted by Gasteiger charge is 2.18. The third-order valence-corrected chi connectivity index (χ3v) is 5.49. The number of carbonyl (C=O) groups excluding carboxylic acids is 1. The second-order valence-corrected chi connectivity index (χ2v) is 9.21. The Morgan fingerprint density at radius 3 is 2.35 bits per heavy atom. The zero-order chi connectivity index (χ0) is 16.9. The Kier molecular flexibility index (Phi) is 6.04. The summed E-state index contributed by atoms with van der Waals surface area (Å²) in [6, 6.07) is 16.7. The smallest absolute Gasteiger partial charge is 0.357 e. The number of ether oxygens (including phenoxy) is 2. The van der Waals surface area contributed by atoms with Gasteiger partial charge in [0.1, 0.15) is 11.4 Å². The maximum absolute atomic E-state index is 11.7. The molecule has 2 aromatic carbocycles. The van der Waals surface area contributed by atoms with Crippen LogP contribution in [-0.2, 0) is 9.53 Å². The van der Waals surface area contributed by atoms with Crippen LogP contribution in [0.25, 0.3) is 0 Å². The van der Waals surface area contributed by atoms with Gasteiger partial charge in [-0.25, -0.2) is 4.79 Å². The van der Waals surface area contributed by atoms with Gasteiger partial charge in [0.15, 0.2) is 13.7 Å². The van der Waals surface area contributed by atoms with Crippen LogP contribution in [0.15, 0.2) is 48.5 Å². The van der Waals surface area contributed by atoms with Crippen molar-refractivity contribution in [2.24, 2.45) is 0 Å². The largest absolute Gasteiger partial charge is 0.482 e. The highest BCUT2D eigenvalue weighted by molar-refractivity contribution is 5.71. The number of benzene rings is 2. The number of carbonyl (C=O) groups is 1. The topological polar surface area (TPSA) is 35.5 Å². The third kappa shape index (κ3) is 6.22. The Bertz CT molecular complexity index is 660. The summed E-state index contributed by atoms with van der Waals surface area (Å²) in [7, 11) is 0. The second kappa shape index (κ2) is 7.81. The van der Waals surface area contributed by atoms with Crippen molar-refractivity contribution in [1.82, 2.24) is 0 Å². The zero-order valence-corrected chi connectivity index (χ0v) is 16.1. The predicted molar refractivity (Wildman–Crippen MR) is 86.4 cm³/mol. The zero-order valence-electron chi connectivity index (χ0n) is 13.9. The van der Waals surface area contributed by atoms with Crippen molar-refractivity contribution in [2.75, 3.05) is 6.61 Å². The summed E-state index contributed by atoms with van der Waals surface area (Å²) in [6.45, 7) is 7.47. The maximum atomic E-state index is 11.7. The summed E-state index contributed by atoms with van der Waals surface area (Å²) in [5.41, 5.74) is 0.557. The summed E-state index contributed by atoms with van der Waals surface area (Å²) >= 11 is -0.190. The first kappa shape index (κ1) is 17.8. The van der Waals surface area contributed by atoms with E-state index in [0.717, 1.165) is 11.3 Å². The Morgan fingerprint density at radius 2 is 1.74 bits per heavy atom. The van der Waals surface area contributed by atoms with E-state index in [9.17, 15) is 4.79 Å². The predicted octanol–water partition coefficient (Wildman–Crippen LogP) is 0.844. The van der Waals surface area contributed by atoms with Gasteiger partial charge in [0.05, 0.1) is 0 Å². The molecule has 0 aliphatic heterocycles. The number of hydrogen-bond acceptors (Lipinski definition) is 3. The number of hydrogen-bond donors (Lipinski definition) is 0. The van der Waals surface area contributed by atoms with Gasteiger partial charge in [-0.05, 0) is 63.6 Å². The van der Waals surface area contributed by atoms with Crippen molar-refractivity contribution < 1.29 is 35.5 Å². The van der Waals surface area contributed by atoms with Gasteiger partial charge in [-0.2, -0.15) is 0 Å². The molecule has 2 aromatic rings. The molecule has 0 amide bonds. The molecule has 0 aliphatic carbocycles. The van der Waals surface area contributed by atoms with Crippen LogP contribution in [0.2, 0.25) is 0 Å². The minimum absolute atomic E-state index is 0.0643. The van der Waals surface area contributed by atoms with Crippen molar-refractivity contribution in [3.8, 4) is 5.75 Å². The summed E-state index contributed by atoms with van der Waals surface area (Å²) in [5, 5.41) is 0. The molecular formula is C19H22IO3+. The molecule has 0 atom stereocenters. The van der Waals surface area contributed by atoms with E-state index in [1.54, 1.807) is 0 Å². The first-order valence-corrected chi connectivity index (χ1v) is 9.64. The normalized spacial score (nSPS) is 11.1. The van der Waals surface area contributed by atoms with Crippen molar-refractivity contribution in [3.63, 3.8) is 0 Å². The van der Waals surface area contributed by atoms with Crippen LogP contribution in [0.3, 0.4) is 0 Å². The van der Waals surface area contributed by atoms with Gasteiger partial charge in [0, 0.05) is 0 Å². The molecule has 0 radical (unpaired) electrons. The highest BCUT2D eigenvalue weighted by Crippen LogP contribution is 2.16. The van der Waals surface area contributed by atoms with E-state index in [1.807, 2.05) is 39.8 Å². The van der Waals surface area contributed by atoms with E-state index in [4.69, 9.17) is 9.47 Å². The molecule has 0 unspecified atom stereocenters. The highest BCUT2D eigenvalue weighted by atomic mass is 127. The van der Waals surface area contributed by atoms with Crippen molar-refractivity contribution in [2.45, 2.75) is 33.3 Å². The van der Waals surface area contributed by atoms with Crippen LogP contribution in [0.1, 0.15) is 26.3 Å². The summed E-state index contributed by atoms with van der Waals surface area (Å²) in [6.07, 6.45) is 0. The van der Waals surface area contributed by atoms with Crippen LogP contribution >= 0.6 is 0 Å². The fraction of sp³-hybridized carbons (Fsp3) is 0.316. The van der Waals surface area contributed by atoms with Gasteiger partial charge in [-0.15, -0.1) is 0 Å². The van der Waals surface area contributed by atoms with Crippen LogP contribution in [0.5, 0.6) is 5.75 Å². The lowest BCUT2D eigenvalue weighted by Crippen LogP contribution is -3.61. The van der Waals surface area contributed by atoms with Gasteiger partial charge >= 0.3 is 27.2 Å². The SMILES string of the molecule is Cc1cc([I+]c2ccccc2)ccc1OCC(=O)OC(C)(C)C. The van der Waals surface area contributed by atoms with E-state index in [-0.39, 0.29) is 33.8 Å². The van der Waals surface area contributed by atoms with Gasteiger partial charge in [-0.3, -0.25) is 0 Å². The lowest BCUT2D eigenvalue weighted by atomic mass is 10.2. The Morgan fingerprint density at radius 1 is 1.04 bits per heavy atom. The van der Waals surface area contributed by atoms with Gasteiger partial charge in [0.2, 0.25) is 0 Å². The monoisotopic (exact) mass is 425 g/mol. The van der Waals surface area contributed by atoms with E-state index in [1.165, 1.54) is 7.14 Å². The third-order valence-electron chi connectivity index (χ3n) is 2.85. The second-order valence-electron chi connectivity index (χ2n) is 6.17. The molecule has 0 N–H and O–H groups in total. The van der Waals surface area contributed by atoms with E-state index in [2.05, 4.69) is 36.4 Å². The quantitative estimate of drug-likeness (QED) is 0.527. The summed E-state index contributed by atoms with van der Waals surface area (Å²) in [4.78, 5) is 11.7. The molecule has 0 aliphatic rings. The van der Waals surface area contributed by atoms with Crippen LogP contribution < -0.4 is 25.9 Å². The molecule has 0 saturated heterocycles. The van der Waals surface area contributed by atoms with Crippen LogP contribution in [-0.4, -0.2) is 18.2 Å². The van der Waals surface area contributed by atoms with Gasteiger partial charge < -0.3 is 9.47 Å². The Balaban J connectivity index is 1.96. The average molecular weight is 425 g/mol. The molecule has 0 fully saturated rings. The molecule has 3 nitrogen and oxygen atoms in total. The van der Waals surface area contributed by atoms with Gasteiger partial charge in [-0.1, -0.05) is 18.2 Å². The molecule has 23 heavy (non-hydrogen) atoms. The number of halogens is 1. The van der Waals surface area contributed by atoms with E-state index >= 15 is 0 Å². The maximum Gasteiger partial charge on any atom is 0.357 e. The Labute approximate surface area is 148 Å². The van der Waals surface area contributed by atoms with Gasteiger partial charge in [0.25, 0.3) is 0 Å².